The fraction of sp³-hybridized carbons (Fsp3) is 0.458. The minimum absolute atomic E-state index is 0.0449. The van der Waals surface area contributed by atoms with Crippen LogP contribution in [0.15, 0.2) is 89.4 Å². The maximum Gasteiger partial charge on any atom is 0.416 e. The Balaban J connectivity index is 0.000000258. The minimum atomic E-state index is -4.42. The first-order valence-electron chi connectivity index (χ1n) is 21.6. The molecule has 2 aliphatic heterocycles. The van der Waals surface area contributed by atoms with Crippen LogP contribution in [0.3, 0.4) is 0 Å². The number of benzene rings is 2. The van der Waals surface area contributed by atoms with Crippen LogP contribution in [0, 0.1) is 12.8 Å². The molecule has 7 rings (SSSR count). The summed E-state index contributed by atoms with van der Waals surface area (Å²) in [7, 11) is 4.16. The number of halogens is 3. The highest BCUT2D eigenvalue weighted by Crippen LogP contribution is 2.37. The van der Waals surface area contributed by atoms with Crippen molar-refractivity contribution < 1.29 is 22.8 Å². The standard InChI is InChI=1S/C22H22F3N5S.C22H27N3O2S.2C2H6/c1-30-10-7-14(8-11-30)19-13-17(15-4-3-5-16(12-15)22(23,24)25)20(29-28-19)18-6-9-26-21(27-18)31-2;1-15-5-4-6-17(13-15)18(14-20(26)16-8-11-25(2)12-9-16)21(27)19-7-10-23-22(24-19)28-3;2*1-2/h3-6,9,12-14H,7-8,10-11H2,1-2H3;4-7,10,13,16,18H,8-9,11-12,14H2,1-3H3;2*1-2H3. The number of hydrogen-bond acceptors (Lipinski definition) is 12. The van der Waals surface area contributed by atoms with Crippen LogP contribution in [0.4, 0.5) is 13.2 Å². The van der Waals surface area contributed by atoms with Gasteiger partial charge in [0.1, 0.15) is 17.2 Å². The maximum absolute atomic E-state index is 13.4. The highest BCUT2D eigenvalue weighted by molar-refractivity contribution is 7.98. The van der Waals surface area contributed by atoms with Crippen molar-refractivity contribution >= 4 is 35.1 Å². The lowest BCUT2D eigenvalue weighted by molar-refractivity contribution is -0.137. The Morgan fingerprint density at radius 3 is 1.98 bits per heavy atom. The lowest BCUT2D eigenvalue weighted by Gasteiger charge is -2.29. The molecule has 1 atom stereocenters. The molecule has 0 saturated carbocycles. The molecule has 2 saturated heterocycles. The van der Waals surface area contributed by atoms with E-state index in [-0.39, 0.29) is 29.8 Å². The number of aryl methyl sites for hydroxylation is 1. The van der Waals surface area contributed by atoms with E-state index in [1.165, 1.54) is 29.6 Å². The molecule has 5 aromatic rings. The lowest BCUT2D eigenvalue weighted by Crippen LogP contribution is -2.34. The van der Waals surface area contributed by atoms with Gasteiger partial charge < -0.3 is 9.80 Å². The van der Waals surface area contributed by atoms with Gasteiger partial charge in [0, 0.05) is 36.2 Å². The summed E-state index contributed by atoms with van der Waals surface area (Å²) in [6.07, 6.45) is 6.40. The van der Waals surface area contributed by atoms with Gasteiger partial charge in [0.05, 0.1) is 22.9 Å². The highest BCUT2D eigenvalue weighted by Gasteiger charge is 2.32. The molecule has 0 spiro atoms. The van der Waals surface area contributed by atoms with Crippen LogP contribution in [-0.2, 0) is 11.0 Å². The summed E-state index contributed by atoms with van der Waals surface area (Å²) in [6, 6.07) is 18.4. The Morgan fingerprint density at radius 1 is 0.762 bits per heavy atom. The quantitative estimate of drug-likeness (QED) is 0.0713. The third-order valence-corrected chi connectivity index (χ3v) is 12.0. The molecule has 15 heteroatoms. The number of thioether (sulfide) groups is 2. The molecule has 338 valence electrons. The Morgan fingerprint density at radius 2 is 1.37 bits per heavy atom. The second-order valence-corrected chi connectivity index (χ2v) is 16.7. The zero-order valence-corrected chi connectivity index (χ0v) is 39.6. The van der Waals surface area contributed by atoms with E-state index in [2.05, 4.69) is 54.0 Å². The van der Waals surface area contributed by atoms with Gasteiger partial charge in [-0.1, -0.05) is 93.2 Å². The van der Waals surface area contributed by atoms with Gasteiger partial charge in [-0.2, -0.15) is 18.3 Å². The first kappa shape index (κ1) is 51.1. The monoisotopic (exact) mass is 902 g/mol. The number of carbonyl (C=O) groups is 2. The average molecular weight is 903 g/mol. The largest absolute Gasteiger partial charge is 0.416 e. The number of aromatic nitrogens is 6. The van der Waals surface area contributed by atoms with Gasteiger partial charge in [0.2, 0.25) is 0 Å². The molecule has 2 aliphatic rings. The van der Waals surface area contributed by atoms with E-state index in [1.807, 2.05) is 77.5 Å². The molecule has 0 aliphatic carbocycles. The van der Waals surface area contributed by atoms with Crippen molar-refractivity contribution in [3.8, 4) is 22.5 Å². The van der Waals surface area contributed by atoms with E-state index in [9.17, 15) is 22.8 Å². The first-order chi connectivity index (χ1) is 30.3. The van der Waals surface area contributed by atoms with Crippen molar-refractivity contribution in [1.29, 1.82) is 0 Å². The van der Waals surface area contributed by atoms with Crippen LogP contribution in [0.5, 0.6) is 0 Å². The van der Waals surface area contributed by atoms with Crippen LogP contribution in [0.2, 0.25) is 0 Å². The Kier molecular flexibility index (Phi) is 20.3. The molecule has 2 aromatic carbocycles. The molecule has 0 N–H and O–H groups in total. The van der Waals surface area contributed by atoms with E-state index < -0.39 is 17.7 Å². The van der Waals surface area contributed by atoms with Crippen molar-refractivity contribution in [1.82, 2.24) is 39.9 Å². The second-order valence-electron chi connectivity index (χ2n) is 15.1. The SMILES string of the molecule is CC.CC.CSc1nccc(-c2nnc(C3CCN(C)CC3)cc2-c2cccc(C(F)(F)F)c2)n1.CSc1nccc(C(=O)C(CC(=O)C2CCN(C)CC2)c2cccc(C)c2)n1. The zero-order chi connectivity index (χ0) is 46.1. The number of nitrogens with zero attached hydrogens (tertiary/aromatic N) is 8. The average Bonchev–Trinajstić information content (AvgIpc) is 3.32. The predicted molar refractivity (Wildman–Crippen MR) is 249 cm³/mol. The van der Waals surface area contributed by atoms with Crippen molar-refractivity contribution in [2.24, 2.45) is 5.92 Å². The van der Waals surface area contributed by atoms with E-state index in [0.29, 0.717) is 38.5 Å². The van der Waals surface area contributed by atoms with Crippen molar-refractivity contribution in [2.45, 2.75) is 95.0 Å². The summed E-state index contributed by atoms with van der Waals surface area (Å²) in [5.41, 5.74) is 4.48. The molecule has 3 aromatic heterocycles. The van der Waals surface area contributed by atoms with E-state index in [1.54, 1.807) is 30.6 Å². The second kappa shape index (κ2) is 25.1. The van der Waals surface area contributed by atoms with E-state index in [4.69, 9.17) is 0 Å². The first-order valence-corrected chi connectivity index (χ1v) is 24.1. The molecule has 10 nitrogen and oxygen atoms in total. The van der Waals surface area contributed by atoms with Crippen molar-refractivity contribution in [3.05, 3.63) is 107 Å². The number of likely N-dealkylation sites (tertiary alicyclic amines) is 2. The Bertz CT molecular complexity index is 2230. The molecule has 5 heterocycles. The number of piperidine rings is 2. The summed E-state index contributed by atoms with van der Waals surface area (Å²) in [5.74, 6) is -0.147. The smallest absolute Gasteiger partial charge is 0.306 e. The van der Waals surface area contributed by atoms with E-state index >= 15 is 0 Å². The van der Waals surface area contributed by atoms with Gasteiger partial charge in [-0.25, -0.2) is 19.9 Å². The molecule has 0 bridgehead atoms. The van der Waals surface area contributed by atoms with Gasteiger partial charge in [-0.15, -0.1) is 5.10 Å². The van der Waals surface area contributed by atoms with Gasteiger partial charge in [0.25, 0.3) is 0 Å². The zero-order valence-electron chi connectivity index (χ0n) is 37.9. The topological polar surface area (TPSA) is 118 Å². The molecule has 2 fully saturated rings. The van der Waals surface area contributed by atoms with Crippen molar-refractivity contribution in [2.75, 3.05) is 52.8 Å². The fourth-order valence-electron chi connectivity index (χ4n) is 7.46. The third-order valence-electron chi connectivity index (χ3n) is 10.9. The number of hydrogen-bond donors (Lipinski definition) is 0. The van der Waals surface area contributed by atoms with Crippen molar-refractivity contribution in [3.63, 3.8) is 0 Å². The number of ketones is 2. The molecular formula is C48H61F3N8O2S2. The summed E-state index contributed by atoms with van der Waals surface area (Å²) in [4.78, 5) is 48.1. The molecule has 63 heavy (non-hydrogen) atoms. The van der Waals surface area contributed by atoms with Gasteiger partial charge in [-0.05, 0) is 127 Å². The molecule has 1 unspecified atom stereocenters. The Hall–Kier alpha value is -4.57. The number of rotatable bonds is 11. The van der Waals surface area contributed by atoms with Gasteiger partial charge in [-0.3, -0.25) is 9.59 Å². The summed E-state index contributed by atoms with van der Waals surface area (Å²) < 4.78 is 40.1. The number of alkyl halides is 3. The van der Waals surface area contributed by atoms with Crippen LogP contribution in [-0.4, -0.2) is 104 Å². The molecular weight excluding hydrogens is 842 g/mol. The van der Waals surface area contributed by atoms with Gasteiger partial charge in [0.15, 0.2) is 16.1 Å². The van der Waals surface area contributed by atoms with Crippen LogP contribution in [0.25, 0.3) is 22.5 Å². The van der Waals surface area contributed by atoms with Gasteiger partial charge >= 0.3 is 6.18 Å². The van der Waals surface area contributed by atoms with E-state index in [0.717, 1.165) is 80.8 Å². The van der Waals surface area contributed by atoms with Crippen LogP contribution >= 0.6 is 23.5 Å². The lowest BCUT2D eigenvalue weighted by atomic mass is 9.82. The number of carbonyl (C=O) groups excluding carboxylic acids is 2. The van der Waals surface area contributed by atoms with Crippen LogP contribution < -0.4 is 0 Å². The predicted octanol–water partition coefficient (Wildman–Crippen LogP) is 11.0. The minimum Gasteiger partial charge on any atom is -0.306 e. The Labute approximate surface area is 379 Å². The maximum atomic E-state index is 13.4. The van der Waals surface area contributed by atoms with Crippen LogP contribution in [0.1, 0.15) is 105 Å². The summed E-state index contributed by atoms with van der Waals surface area (Å²) >= 11 is 2.79. The fourth-order valence-corrected chi connectivity index (χ4v) is 8.17. The highest BCUT2D eigenvalue weighted by atomic mass is 32.2. The molecule has 0 radical (unpaired) electrons. The summed E-state index contributed by atoms with van der Waals surface area (Å²) in [5, 5.41) is 10.0. The third kappa shape index (κ3) is 14.5. The molecule has 0 amide bonds. The normalized spacial score (nSPS) is 15.4. The number of Topliss-reactive ketones (excluding diaryl/α,β-unsaturated/α-hetero) is 2. The summed E-state index contributed by atoms with van der Waals surface area (Å²) in [6.45, 7) is 13.8.